The predicted molar refractivity (Wildman–Crippen MR) is 73.0 cm³/mol. The first kappa shape index (κ1) is 14.1. The molecule has 0 bridgehead atoms. The van der Waals surface area contributed by atoms with Crippen LogP contribution in [0.25, 0.3) is 0 Å². The van der Waals surface area contributed by atoms with Gasteiger partial charge in [-0.15, -0.1) is 0 Å². The minimum atomic E-state index is -0.371. The molecule has 1 saturated heterocycles. The average molecular weight is 265 g/mol. The van der Waals surface area contributed by atoms with E-state index in [0.717, 1.165) is 25.1 Å². The van der Waals surface area contributed by atoms with Gasteiger partial charge in [0.15, 0.2) is 0 Å². The van der Waals surface area contributed by atoms with E-state index in [-0.39, 0.29) is 18.1 Å². The molecule has 2 atom stereocenters. The molecule has 1 amide bonds. The van der Waals surface area contributed by atoms with Gasteiger partial charge in [-0.1, -0.05) is 13.8 Å². The van der Waals surface area contributed by atoms with Crippen LogP contribution >= 0.6 is 0 Å². The van der Waals surface area contributed by atoms with E-state index in [9.17, 15) is 9.90 Å². The Kier molecular flexibility index (Phi) is 4.24. The standard InChI is InChI=1S/C14H23N3O2/c1-9(2)12-8-13(16-15-12)14(19)17-6-4-5-11(17)7-10(3)18/h8-11,18H,4-7H2,1-3H3,(H,15,16). The molecular formula is C14H23N3O2. The number of rotatable bonds is 4. The Morgan fingerprint density at radius 3 is 2.89 bits per heavy atom. The number of H-pyrrole nitrogens is 1. The molecule has 0 radical (unpaired) electrons. The molecule has 1 aromatic heterocycles. The maximum absolute atomic E-state index is 12.4. The lowest BCUT2D eigenvalue weighted by Gasteiger charge is -2.24. The zero-order chi connectivity index (χ0) is 14.0. The van der Waals surface area contributed by atoms with Gasteiger partial charge in [0.25, 0.3) is 5.91 Å². The molecule has 0 aliphatic carbocycles. The van der Waals surface area contributed by atoms with E-state index in [2.05, 4.69) is 24.0 Å². The van der Waals surface area contributed by atoms with Gasteiger partial charge in [-0.05, 0) is 38.2 Å². The Bertz CT molecular complexity index is 440. The lowest BCUT2D eigenvalue weighted by Crippen LogP contribution is -2.37. The van der Waals surface area contributed by atoms with Crippen molar-refractivity contribution in [2.75, 3.05) is 6.54 Å². The average Bonchev–Trinajstić information content (AvgIpc) is 2.95. The Hall–Kier alpha value is -1.36. The summed E-state index contributed by atoms with van der Waals surface area (Å²) in [4.78, 5) is 14.3. The monoisotopic (exact) mass is 265 g/mol. The van der Waals surface area contributed by atoms with E-state index in [1.165, 1.54) is 0 Å². The van der Waals surface area contributed by atoms with Crippen LogP contribution in [-0.2, 0) is 0 Å². The van der Waals surface area contributed by atoms with Gasteiger partial charge in [0.2, 0.25) is 0 Å². The van der Waals surface area contributed by atoms with Crippen LogP contribution in [0.1, 0.15) is 62.1 Å². The normalized spacial score (nSPS) is 21.1. The molecule has 2 unspecified atom stereocenters. The SMILES string of the molecule is CC(O)CC1CCCN1C(=O)c1cc(C(C)C)[nH]n1. The fourth-order valence-corrected chi connectivity index (χ4v) is 2.63. The van der Waals surface area contributed by atoms with Crippen LogP contribution in [0.15, 0.2) is 6.07 Å². The molecule has 2 rings (SSSR count). The zero-order valence-electron chi connectivity index (χ0n) is 11.9. The van der Waals surface area contributed by atoms with Crippen LogP contribution in [0.5, 0.6) is 0 Å². The highest BCUT2D eigenvalue weighted by molar-refractivity contribution is 5.92. The van der Waals surface area contributed by atoms with Crippen LogP contribution in [-0.4, -0.2) is 44.8 Å². The van der Waals surface area contributed by atoms with Crippen molar-refractivity contribution in [2.45, 2.75) is 58.1 Å². The molecule has 1 aliphatic heterocycles. The topological polar surface area (TPSA) is 69.2 Å². The van der Waals surface area contributed by atoms with E-state index in [1.54, 1.807) is 6.92 Å². The van der Waals surface area contributed by atoms with Gasteiger partial charge in [-0.2, -0.15) is 5.10 Å². The first-order chi connectivity index (χ1) is 8.99. The smallest absolute Gasteiger partial charge is 0.274 e. The Morgan fingerprint density at radius 1 is 1.58 bits per heavy atom. The fourth-order valence-electron chi connectivity index (χ4n) is 2.63. The number of nitrogens with one attached hydrogen (secondary N) is 1. The maximum atomic E-state index is 12.4. The molecule has 1 aromatic rings. The second kappa shape index (κ2) is 5.74. The number of aliphatic hydroxyl groups is 1. The van der Waals surface area contributed by atoms with Gasteiger partial charge in [-0.25, -0.2) is 0 Å². The Morgan fingerprint density at radius 2 is 2.32 bits per heavy atom. The number of aliphatic hydroxyl groups excluding tert-OH is 1. The predicted octanol–water partition coefficient (Wildman–Crippen LogP) is 1.91. The zero-order valence-corrected chi connectivity index (χ0v) is 11.9. The molecule has 19 heavy (non-hydrogen) atoms. The number of aromatic nitrogens is 2. The molecular weight excluding hydrogens is 242 g/mol. The number of amides is 1. The van der Waals surface area contributed by atoms with Gasteiger partial charge >= 0.3 is 0 Å². The van der Waals surface area contributed by atoms with Crippen LogP contribution in [0.3, 0.4) is 0 Å². The highest BCUT2D eigenvalue weighted by Gasteiger charge is 2.31. The van der Waals surface area contributed by atoms with Crippen LogP contribution in [0.2, 0.25) is 0 Å². The van der Waals surface area contributed by atoms with Crippen molar-refractivity contribution >= 4 is 5.91 Å². The molecule has 1 aliphatic rings. The Balaban J connectivity index is 2.09. The van der Waals surface area contributed by atoms with E-state index in [1.807, 2.05) is 11.0 Å². The highest BCUT2D eigenvalue weighted by atomic mass is 16.3. The molecule has 0 saturated carbocycles. The van der Waals surface area contributed by atoms with Crippen molar-refractivity contribution in [3.8, 4) is 0 Å². The number of nitrogens with zero attached hydrogens (tertiary/aromatic N) is 2. The van der Waals surface area contributed by atoms with Gasteiger partial charge in [0.1, 0.15) is 5.69 Å². The molecule has 5 nitrogen and oxygen atoms in total. The van der Waals surface area contributed by atoms with E-state index < -0.39 is 0 Å². The molecule has 1 fully saturated rings. The number of aromatic amines is 1. The number of hydrogen-bond donors (Lipinski definition) is 2. The summed E-state index contributed by atoms with van der Waals surface area (Å²) in [5, 5.41) is 16.5. The van der Waals surface area contributed by atoms with Gasteiger partial charge in [-0.3, -0.25) is 9.89 Å². The van der Waals surface area contributed by atoms with Crippen molar-refractivity contribution in [2.24, 2.45) is 0 Å². The fraction of sp³-hybridized carbons (Fsp3) is 0.714. The summed E-state index contributed by atoms with van der Waals surface area (Å²) in [5.41, 5.74) is 1.47. The van der Waals surface area contributed by atoms with Gasteiger partial charge in [0, 0.05) is 18.3 Å². The molecule has 106 valence electrons. The number of carbonyl (C=O) groups excluding carboxylic acids is 1. The summed E-state index contributed by atoms with van der Waals surface area (Å²) in [5.74, 6) is 0.312. The molecule has 2 N–H and O–H groups in total. The lowest BCUT2D eigenvalue weighted by molar-refractivity contribution is 0.0676. The summed E-state index contributed by atoms with van der Waals surface area (Å²) < 4.78 is 0. The van der Waals surface area contributed by atoms with Crippen molar-refractivity contribution < 1.29 is 9.90 Å². The third-order valence-corrected chi connectivity index (χ3v) is 3.69. The van der Waals surface area contributed by atoms with Crippen LogP contribution in [0, 0.1) is 0 Å². The Labute approximate surface area is 114 Å². The van der Waals surface area contributed by atoms with Crippen molar-refractivity contribution in [3.05, 3.63) is 17.5 Å². The summed E-state index contributed by atoms with van der Waals surface area (Å²) >= 11 is 0. The van der Waals surface area contributed by atoms with Crippen LogP contribution in [0.4, 0.5) is 0 Å². The van der Waals surface area contributed by atoms with Crippen molar-refractivity contribution in [1.82, 2.24) is 15.1 Å². The number of hydrogen-bond acceptors (Lipinski definition) is 3. The largest absolute Gasteiger partial charge is 0.393 e. The van der Waals surface area contributed by atoms with Crippen molar-refractivity contribution in [1.29, 1.82) is 0 Å². The van der Waals surface area contributed by atoms with Crippen molar-refractivity contribution in [3.63, 3.8) is 0 Å². The summed E-state index contributed by atoms with van der Waals surface area (Å²) in [6, 6.07) is 1.98. The second-order valence-electron chi connectivity index (χ2n) is 5.74. The maximum Gasteiger partial charge on any atom is 0.274 e. The van der Waals surface area contributed by atoms with E-state index in [0.29, 0.717) is 18.0 Å². The quantitative estimate of drug-likeness (QED) is 0.873. The minimum absolute atomic E-state index is 0.0219. The minimum Gasteiger partial charge on any atom is -0.393 e. The van der Waals surface area contributed by atoms with Gasteiger partial charge < -0.3 is 10.0 Å². The number of likely N-dealkylation sites (tertiary alicyclic amines) is 1. The van der Waals surface area contributed by atoms with Gasteiger partial charge in [0.05, 0.1) is 6.10 Å². The summed E-state index contributed by atoms with van der Waals surface area (Å²) in [7, 11) is 0. The third-order valence-electron chi connectivity index (χ3n) is 3.69. The first-order valence-electron chi connectivity index (χ1n) is 7.03. The first-order valence-corrected chi connectivity index (χ1v) is 7.03. The summed E-state index contributed by atoms with van der Waals surface area (Å²) in [6.07, 6.45) is 2.25. The summed E-state index contributed by atoms with van der Waals surface area (Å²) in [6.45, 7) is 6.66. The molecule has 0 spiro atoms. The van der Waals surface area contributed by atoms with E-state index >= 15 is 0 Å². The second-order valence-corrected chi connectivity index (χ2v) is 5.74. The highest BCUT2D eigenvalue weighted by Crippen LogP contribution is 2.24. The van der Waals surface area contributed by atoms with Crippen LogP contribution < -0.4 is 0 Å². The third kappa shape index (κ3) is 3.15. The molecule has 0 aromatic carbocycles. The van der Waals surface area contributed by atoms with E-state index in [4.69, 9.17) is 0 Å². The number of carbonyl (C=O) groups is 1. The molecule has 5 heteroatoms. The molecule has 2 heterocycles. The lowest BCUT2D eigenvalue weighted by atomic mass is 10.1.